The van der Waals surface area contributed by atoms with Crippen LogP contribution in [0, 0.1) is 6.92 Å². The average molecular weight is 335 g/mol. The van der Waals surface area contributed by atoms with Crippen LogP contribution < -0.4 is 10.6 Å². The van der Waals surface area contributed by atoms with Crippen LogP contribution in [0.5, 0.6) is 0 Å². The lowest BCUT2D eigenvalue weighted by molar-refractivity contribution is 0.0739. The van der Waals surface area contributed by atoms with Gasteiger partial charge in [0.2, 0.25) is 0 Å². The molecule has 1 aliphatic rings. The molecule has 1 atom stereocenters. The van der Waals surface area contributed by atoms with Crippen molar-refractivity contribution in [3.05, 3.63) is 41.0 Å². The van der Waals surface area contributed by atoms with Crippen molar-refractivity contribution in [2.75, 3.05) is 18.5 Å². The van der Waals surface area contributed by atoms with Gasteiger partial charge in [-0.25, -0.2) is 9.48 Å². The molecule has 1 aromatic heterocycles. The fourth-order valence-corrected chi connectivity index (χ4v) is 2.75. The minimum Gasteiger partial charge on any atom is -0.379 e. The zero-order valence-electron chi connectivity index (χ0n) is 12.9. The molecule has 0 radical (unpaired) electrons. The summed E-state index contributed by atoms with van der Waals surface area (Å²) in [6.45, 7) is 3.21. The van der Waals surface area contributed by atoms with E-state index in [1.807, 2.05) is 31.3 Å². The van der Waals surface area contributed by atoms with Gasteiger partial charge in [-0.1, -0.05) is 23.7 Å². The SMILES string of the molecule is Cc1cn(-c2ccccc2Cl)nc1NC(=O)NC1CCCOC1. The third-order valence-corrected chi connectivity index (χ3v) is 4.04. The van der Waals surface area contributed by atoms with Gasteiger partial charge in [0.15, 0.2) is 5.82 Å². The summed E-state index contributed by atoms with van der Waals surface area (Å²) >= 11 is 6.18. The Labute approximate surface area is 139 Å². The van der Waals surface area contributed by atoms with Gasteiger partial charge in [0.1, 0.15) is 0 Å². The molecule has 1 unspecified atom stereocenters. The van der Waals surface area contributed by atoms with E-state index in [0.717, 1.165) is 30.7 Å². The van der Waals surface area contributed by atoms with Crippen LogP contribution in [0.25, 0.3) is 5.69 Å². The first-order chi connectivity index (χ1) is 11.1. The predicted octanol–water partition coefficient (Wildman–Crippen LogP) is 3.13. The van der Waals surface area contributed by atoms with Crippen molar-refractivity contribution in [2.24, 2.45) is 0 Å². The maximum atomic E-state index is 12.1. The van der Waals surface area contributed by atoms with E-state index in [9.17, 15) is 4.79 Å². The van der Waals surface area contributed by atoms with Crippen molar-refractivity contribution in [1.29, 1.82) is 0 Å². The Hall–Kier alpha value is -2.05. The molecule has 2 heterocycles. The van der Waals surface area contributed by atoms with Crippen LogP contribution >= 0.6 is 11.6 Å². The van der Waals surface area contributed by atoms with E-state index in [4.69, 9.17) is 16.3 Å². The summed E-state index contributed by atoms with van der Waals surface area (Å²) in [5.74, 6) is 0.513. The van der Waals surface area contributed by atoms with Crippen LogP contribution in [0.15, 0.2) is 30.5 Å². The molecule has 3 rings (SSSR count). The third-order valence-electron chi connectivity index (χ3n) is 3.72. The Morgan fingerprint density at radius 1 is 1.43 bits per heavy atom. The Kier molecular flexibility index (Phi) is 4.83. The van der Waals surface area contributed by atoms with Crippen LogP contribution in [-0.2, 0) is 4.74 Å². The number of carbonyl (C=O) groups excluding carboxylic acids is 1. The normalized spacial score (nSPS) is 17.7. The zero-order valence-corrected chi connectivity index (χ0v) is 13.6. The van der Waals surface area contributed by atoms with Crippen LogP contribution in [0.4, 0.5) is 10.6 Å². The number of benzene rings is 1. The van der Waals surface area contributed by atoms with Crippen molar-refractivity contribution < 1.29 is 9.53 Å². The molecule has 2 amide bonds. The number of aryl methyl sites for hydroxylation is 1. The molecule has 2 N–H and O–H groups in total. The molecule has 2 aromatic rings. The molecular formula is C16H19ClN4O2. The van der Waals surface area contributed by atoms with Gasteiger partial charge in [0, 0.05) is 18.4 Å². The van der Waals surface area contributed by atoms with Crippen molar-refractivity contribution >= 4 is 23.4 Å². The molecule has 0 aliphatic carbocycles. The molecule has 122 valence electrons. The molecule has 1 fully saturated rings. The summed E-state index contributed by atoms with van der Waals surface area (Å²) in [7, 11) is 0. The van der Waals surface area contributed by atoms with Crippen molar-refractivity contribution in [3.8, 4) is 5.69 Å². The Morgan fingerprint density at radius 2 is 2.26 bits per heavy atom. The van der Waals surface area contributed by atoms with E-state index in [-0.39, 0.29) is 12.1 Å². The Balaban J connectivity index is 1.69. The van der Waals surface area contributed by atoms with E-state index in [1.165, 1.54) is 0 Å². The number of hydrogen-bond donors (Lipinski definition) is 2. The van der Waals surface area contributed by atoms with Gasteiger partial charge >= 0.3 is 6.03 Å². The molecule has 0 spiro atoms. The van der Waals surface area contributed by atoms with E-state index >= 15 is 0 Å². The number of nitrogens with one attached hydrogen (secondary N) is 2. The van der Waals surface area contributed by atoms with Crippen molar-refractivity contribution in [2.45, 2.75) is 25.8 Å². The fourth-order valence-electron chi connectivity index (χ4n) is 2.53. The van der Waals surface area contributed by atoms with Gasteiger partial charge in [0.05, 0.1) is 23.4 Å². The number of aromatic nitrogens is 2. The number of urea groups is 1. The summed E-state index contributed by atoms with van der Waals surface area (Å²) in [6.07, 6.45) is 3.73. The van der Waals surface area contributed by atoms with Gasteiger partial charge in [0.25, 0.3) is 0 Å². The number of halogens is 1. The summed E-state index contributed by atoms with van der Waals surface area (Å²) in [5, 5.41) is 10.7. The predicted molar refractivity (Wildman–Crippen MR) is 89.3 cm³/mol. The van der Waals surface area contributed by atoms with Crippen molar-refractivity contribution in [3.63, 3.8) is 0 Å². The minimum atomic E-state index is -0.270. The molecule has 23 heavy (non-hydrogen) atoms. The highest BCUT2D eigenvalue weighted by molar-refractivity contribution is 6.32. The second-order valence-corrected chi connectivity index (χ2v) is 5.98. The minimum absolute atomic E-state index is 0.0507. The van der Waals surface area contributed by atoms with Crippen LogP contribution in [-0.4, -0.2) is 35.1 Å². The largest absolute Gasteiger partial charge is 0.379 e. The highest BCUT2D eigenvalue weighted by Crippen LogP contribution is 2.22. The Morgan fingerprint density at radius 3 is 3.00 bits per heavy atom. The highest BCUT2D eigenvalue weighted by Gasteiger charge is 2.17. The van der Waals surface area contributed by atoms with Gasteiger partial charge in [-0.05, 0) is 31.9 Å². The Bertz CT molecular complexity index is 695. The van der Waals surface area contributed by atoms with Gasteiger partial charge in [-0.2, -0.15) is 0 Å². The number of ether oxygens (including phenoxy) is 1. The lowest BCUT2D eigenvalue weighted by atomic mass is 10.1. The lowest BCUT2D eigenvalue weighted by Gasteiger charge is -2.23. The number of amides is 2. The second kappa shape index (κ2) is 7.02. The molecule has 7 heteroatoms. The van der Waals surface area contributed by atoms with E-state index in [2.05, 4.69) is 15.7 Å². The first-order valence-corrected chi connectivity index (χ1v) is 7.98. The number of hydrogen-bond acceptors (Lipinski definition) is 3. The molecular weight excluding hydrogens is 316 g/mol. The topological polar surface area (TPSA) is 68.2 Å². The van der Waals surface area contributed by atoms with E-state index in [1.54, 1.807) is 10.7 Å². The fraction of sp³-hybridized carbons (Fsp3) is 0.375. The number of nitrogens with zero attached hydrogens (tertiary/aromatic N) is 2. The molecule has 1 saturated heterocycles. The second-order valence-electron chi connectivity index (χ2n) is 5.57. The zero-order chi connectivity index (χ0) is 16.2. The maximum Gasteiger partial charge on any atom is 0.320 e. The maximum absolute atomic E-state index is 12.1. The monoisotopic (exact) mass is 334 g/mol. The number of carbonyl (C=O) groups is 1. The first-order valence-electron chi connectivity index (χ1n) is 7.60. The summed E-state index contributed by atoms with van der Waals surface area (Å²) in [6, 6.07) is 7.21. The summed E-state index contributed by atoms with van der Waals surface area (Å²) < 4.78 is 7.02. The quantitative estimate of drug-likeness (QED) is 0.906. The standard InChI is InChI=1S/C16H19ClN4O2/c1-11-9-21(14-7-3-2-6-13(14)17)20-15(11)19-16(22)18-12-5-4-8-23-10-12/h2-3,6-7,9,12H,4-5,8,10H2,1H3,(H2,18,19,20,22). The van der Waals surface area contributed by atoms with Crippen LogP contribution in [0.1, 0.15) is 18.4 Å². The van der Waals surface area contributed by atoms with Crippen LogP contribution in [0.3, 0.4) is 0 Å². The molecule has 1 aliphatic heterocycles. The van der Waals surface area contributed by atoms with Gasteiger partial charge in [-0.3, -0.25) is 5.32 Å². The summed E-state index contributed by atoms with van der Waals surface area (Å²) in [4.78, 5) is 12.1. The summed E-state index contributed by atoms with van der Waals surface area (Å²) in [5.41, 5.74) is 1.63. The molecule has 1 aromatic carbocycles. The highest BCUT2D eigenvalue weighted by atomic mass is 35.5. The number of rotatable bonds is 3. The first kappa shape index (κ1) is 15.8. The van der Waals surface area contributed by atoms with E-state index < -0.39 is 0 Å². The van der Waals surface area contributed by atoms with Crippen LogP contribution in [0.2, 0.25) is 5.02 Å². The number of anilines is 1. The van der Waals surface area contributed by atoms with Crippen molar-refractivity contribution in [1.82, 2.24) is 15.1 Å². The van der Waals surface area contributed by atoms with E-state index in [0.29, 0.717) is 17.4 Å². The lowest BCUT2D eigenvalue weighted by Crippen LogP contribution is -2.42. The van der Waals surface area contributed by atoms with Gasteiger partial charge < -0.3 is 10.1 Å². The van der Waals surface area contributed by atoms with Gasteiger partial charge in [-0.15, -0.1) is 5.10 Å². The molecule has 0 saturated carbocycles. The number of para-hydroxylation sites is 1. The third kappa shape index (κ3) is 3.83. The molecule has 0 bridgehead atoms. The average Bonchev–Trinajstić information content (AvgIpc) is 2.89. The smallest absolute Gasteiger partial charge is 0.320 e. The molecule has 6 nitrogen and oxygen atoms in total.